The molecule has 1 aromatic carbocycles. The van der Waals surface area contributed by atoms with E-state index in [2.05, 4.69) is 10.2 Å². The van der Waals surface area contributed by atoms with Crippen LogP contribution in [0.2, 0.25) is 0 Å². The molecule has 0 radical (unpaired) electrons. The van der Waals surface area contributed by atoms with Crippen molar-refractivity contribution in [2.24, 2.45) is 0 Å². The standard InChI is InChI=1S/C15H21FN2O2/c16-12-1-2-15-13(11-12)14(3-8-20-15)17-4-5-18-6-9-19-10-7-18/h1-2,11,14,17H,3-10H2. The summed E-state index contributed by atoms with van der Waals surface area (Å²) in [7, 11) is 0. The molecular formula is C15H21FN2O2. The van der Waals surface area contributed by atoms with Gasteiger partial charge in [-0.05, 0) is 18.2 Å². The van der Waals surface area contributed by atoms with E-state index in [0.29, 0.717) is 6.61 Å². The maximum absolute atomic E-state index is 13.4. The third-order valence-electron chi connectivity index (χ3n) is 3.93. The van der Waals surface area contributed by atoms with Crippen LogP contribution in [-0.4, -0.2) is 50.9 Å². The predicted octanol–water partition coefficient (Wildman–Crippen LogP) is 1.57. The summed E-state index contributed by atoms with van der Waals surface area (Å²) >= 11 is 0. The van der Waals surface area contributed by atoms with Crippen molar-refractivity contribution in [1.29, 1.82) is 0 Å². The first kappa shape index (κ1) is 13.8. The smallest absolute Gasteiger partial charge is 0.124 e. The first-order valence-corrected chi connectivity index (χ1v) is 7.29. The van der Waals surface area contributed by atoms with Gasteiger partial charge in [-0.1, -0.05) is 0 Å². The molecule has 1 aromatic rings. The molecule has 4 nitrogen and oxygen atoms in total. The van der Waals surface area contributed by atoms with Crippen molar-refractivity contribution >= 4 is 0 Å². The van der Waals surface area contributed by atoms with Crippen molar-refractivity contribution in [1.82, 2.24) is 10.2 Å². The number of halogens is 1. The van der Waals surface area contributed by atoms with Gasteiger partial charge in [-0.2, -0.15) is 0 Å². The summed E-state index contributed by atoms with van der Waals surface area (Å²) in [6.45, 7) is 6.25. The number of nitrogens with zero attached hydrogens (tertiary/aromatic N) is 1. The van der Waals surface area contributed by atoms with E-state index in [4.69, 9.17) is 9.47 Å². The van der Waals surface area contributed by atoms with Crippen molar-refractivity contribution in [3.63, 3.8) is 0 Å². The lowest BCUT2D eigenvalue weighted by Gasteiger charge is -2.30. The first-order valence-electron chi connectivity index (χ1n) is 7.29. The third kappa shape index (κ3) is 3.29. The SMILES string of the molecule is Fc1ccc2c(c1)C(NCCN1CCOCC1)CCO2. The zero-order chi connectivity index (χ0) is 13.8. The molecule has 2 heterocycles. The summed E-state index contributed by atoms with van der Waals surface area (Å²) in [4.78, 5) is 2.39. The maximum atomic E-state index is 13.4. The molecule has 20 heavy (non-hydrogen) atoms. The molecule has 1 fully saturated rings. The number of hydrogen-bond acceptors (Lipinski definition) is 4. The number of rotatable bonds is 4. The number of morpholine rings is 1. The van der Waals surface area contributed by atoms with E-state index in [0.717, 1.165) is 57.1 Å². The second kappa shape index (κ2) is 6.52. The van der Waals surface area contributed by atoms with E-state index in [1.807, 2.05) is 0 Å². The van der Waals surface area contributed by atoms with Crippen LogP contribution in [0.15, 0.2) is 18.2 Å². The van der Waals surface area contributed by atoms with Gasteiger partial charge >= 0.3 is 0 Å². The molecule has 0 spiro atoms. The molecule has 0 saturated carbocycles. The molecule has 0 aliphatic carbocycles. The molecule has 3 rings (SSSR count). The molecule has 2 aliphatic rings. The molecule has 1 atom stereocenters. The van der Waals surface area contributed by atoms with E-state index in [1.54, 1.807) is 12.1 Å². The van der Waals surface area contributed by atoms with Gasteiger partial charge in [0.25, 0.3) is 0 Å². The van der Waals surface area contributed by atoms with E-state index < -0.39 is 0 Å². The lowest BCUT2D eigenvalue weighted by atomic mass is 10.0. The second-order valence-electron chi connectivity index (χ2n) is 5.28. The van der Waals surface area contributed by atoms with Gasteiger partial charge in [-0.25, -0.2) is 4.39 Å². The number of fused-ring (bicyclic) bond motifs is 1. The Balaban J connectivity index is 1.54. The quantitative estimate of drug-likeness (QED) is 0.908. The van der Waals surface area contributed by atoms with Gasteiger partial charge in [0.1, 0.15) is 11.6 Å². The van der Waals surface area contributed by atoms with Crippen LogP contribution >= 0.6 is 0 Å². The van der Waals surface area contributed by atoms with Crippen molar-refractivity contribution in [2.75, 3.05) is 46.0 Å². The molecule has 0 bridgehead atoms. The Morgan fingerprint density at radius 3 is 2.95 bits per heavy atom. The minimum absolute atomic E-state index is 0.190. The van der Waals surface area contributed by atoms with E-state index >= 15 is 0 Å². The van der Waals surface area contributed by atoms with Crippen LogP contribution < -0.4 is 10.1 Å². The molecule has 1 N–H and O–H groups in total. The Labute approximate surface area is 118 Å². The summed E-state index contributed by atoms with van der Waals surface area (Å²) in [6, 6.07) is 4.95. The molecule has 0 amide bonds. The average Bonchev–Trinajstić information content (AvgIpc) is 2.49. The first-order chi connectivity index (χ1) is 9.83. The Kier molecular flexibility index (Phi) is 4.50. The normalized spacial score (nSPS) is 23.1. The van der Waals surface area contributed by atoms with E-state index in [9.17, 15) is 4.39 Å². The lowest BCUT2D eigenvalue weighted by Crippen LogP contribution is -2.41. The largest absolute Gasteiger partial charge is 0.493 e. The fourth-order valence-corrected chi connectivity index (χ4v) is 2.80. The van der Waals surface area contributed by atoms with Crippen LogP contribution in [0.5, 0.6) is 5.75 Å². The van der Waals surface area contributed by atoms with Crippen molar-refractivity contribution in [2.45, 2.75) is 12.5 Å². The minimum Gasteiger partial charge on any atom is -0.493 e. The lowest BCUT2D eigenvalue weighted by molar-refractivity contribution is 0.0379. The molecule has 110 valence electrons. The van der Waals surface area contributed by atoms with Gasteiger partial charge in [0.2, 0.25) is 0 Å². The highest BCUT2D eigenvalue weighted by atomic mass is 19.1. The van der Waals surface area contributed by atoms with Gasteiger partial charge in [0, 0.05) is 44.2 Å². The zero-order valence-corrected chi connectivity index (χ0v) is 11.6. The summed E-state index contributed by atoms with van der Waals surface area (Å²) in [5.41, 5.74) is 0.943. The van der Waals surface area contributed by atoms with Crippen LogP contribution in [0.25, 0.3) is 0 Å². The van der Waals surface area contributed by atoms with Crippen LogP contribution in [0.1, 0.15) is 18.0 Å². The highest BCUT2D eigenvalue weighted by Gasteiger charge is 2.21. The zero-order valence-electron chi connectivity index (χ0n) is 11.6. The Hall–Kier alpha value is -1.17. The fourth-order valence-electron chi connectivity index (χ4n) is 2.80. The predicted molar refractivity (Wildman–Crippen MR) is 74.5 cm³/mol. The number of benzene rings is 1. The third-order valence-corrected chi connectivity index (χ3v) is 3.93. The highest BCUT2D eigenvalue weighted by Crippen LogP contribution is 2.32. The Morgan fingerprint density at radius 2 is 2.10 bits per heavy atom. The summed E-state index contributed by atoms with van der Waals surface area (Å²) in [5, 5.41) is 3.52. The Bertz CT molecular complexity index is 449. The van der Waals surface area contributed by atoms with Gasteiger partial charge in [0.05, 0.1) is 19.8 Å². The second-order valence-corrected chi connectivity index (χ2v) is 5.28. The van der Waals surface area contributed by atoms with Crippen molar-refractivity contribution in [3.05, 3.63) is 29.6 Å². The van der Waals surface area contributed by atoms with E-state index in [1.165, 1.54) is 6.07 Å². The highest BCUT2D eigenvalue weighted by molar-refractivity contribution is 5.37. The minimum atomic E-state index is -0.200. The number of hydrogen-bond donors (Lipinski definition) is 1. The monoisotopic (exact) mass is 280 g/mol. The summed E-state index contributed by atoms with van der Waals surface area (Å²) in [6.07, 6.45) is 0.888. The summed E-state index contributed by atoms with van der Waals surface area (Å²) < 4.78 is 24.3. The topological polar surface area (TPSA) is 33.7 Å². The number of nitrogens with one attached hydrogen (secondary N) is 1. The molecule has 5 heteroatoms. The molecular weight excluding hydrogens is 259 g/mol. The summed E-state index contributed by atoms with van der Waals surface area (Å²) in [5.74, 6) is 0.607. The van der Waals surface area contributed by atoms with Gasteiger partial charge in [-0.15, -0.1) is 0 Å². The Morgan fingerprint density at radius 1 is 1.25 bits per heavy atom. The number of ether oxygens (including phenoxy) is 2. The molecule has 2 aliphatic heterocycles. The van der Waals surface area contributed by atoms with Gasteiger partial charge in [-0.3, -0.25) is 4.90 Å². The maximum Gasteiger partial charge on any atom is 0.124 e. The molecule has 0 aromatic heterocycles. The van der Waals surface area contributed by atoms with Crippen molar-refractivity contribution in [3.8, 4) is 5.75 Å². The van der Waals surface area contributed by atoms with Gasteiger partial charge < -0.3 is 14.8 Å². The molecule has 1 unspecified atom stereocenters. The van der Waals surface area contributed by atoms with Crippen LogP contribution in [0.4, 0.5) is 4.39 Å². The average molecular weight is 280 g/mol. The van der Waals surface area contributed by atoms with Crippen LogP contribution in [-0.2, 0) is 4.74 Å². The van der Waals surface area contributed by atoms with Crippen LogP contribution in [0, 0.1) is 5.82 Å². The van der Waals surface area contributed by atoms with Gasteiger partial charge in [0.15, 0.2) is 0 Å². The van der Waals surface area contributed by atoms with Crippen molar-refractivity contribution < 1.29 is 13.9 Å². The molecule has 1 saturated heterocycles. The van der Waals surface area contributed by atoms with Crippen LogP contribution in [0.3, 0.4) is 0 Å². The fraction of sp³-hybridized carbons (Fsp3) is 0.600. The van der Waals surface area contributed by atoms with E-state index in [-0.39, 0.29) is 11.9 Å².